The average molecular weight is 263 g/mol. The van der Waals surface area contributed by atoms with Gasteiger partial charge in [-0.1, -0.05) is 31.1 Å². The summed E-state index contributed by atoms with van der Waals surface area (Å²) in [6.07, 6.45) is 0.481. The van der Waals surface area contributed by atoms with E-state index in [1.165, 1.54) is 12.1 Å². The maximum absolute atomic E-state index is 13.1. The molecule has 0 aliphatic carbocycles. The smallest absolute Gasteiger partial charge is 0.230 e. The molecule has 1 aromatic carbocycles. The Morgan fingerprint density at radius 2 is 2.26 bits per heavy atom. The Hall–Kier alpha value is -1.75. The minimum atomic E-state index is -0.248. The van der Waals surface area contributed by atoms with Crippen LogP contribution in [0.2, 0.25) is 0 Å². The Morgan fingerprint density at radius 3 is 3.00 bits per heavy atom. The van der Waals surface area contributed by atoms with Crippen LogP contribution in [0.3, 0.4) is 0 Å². The highest BCUT2D eigenvalue weighted by atomic mass is 19.1. The molecule has 0 fully saturated rings. The summed E-state index contributed by atoms with van der Waals surface area (Å²) in [6.45, 7) is 5.80. The molecule has 0 amide bonds. The lowest BCUT2D eigenvalue weighted by molar-refractivity contribution is 0.352. The largest absolute Gasteiger partial charge is 0.339 e. The standard InChI is InChI=1S/C14H18FN3O/c1-3-16-9-10(2)14-17-13(18-19-14)8-11-5-4-6-12(15)7-11/h4-7,10,16H,3,8-9H2,1-2H3. The molecule has 1 atom stereocenters. The van der Waals surface area contributed by atoms with Crippen LogP contribution in [-0.2, 0) is 6.42 Å². The molecule has 2 aromatic rings. The maximum atomic E-state index is 13.1. The number of likely N-dealkylation sites (N-methyl/N-ethyl adjacent to an activating group) is 1. The lowest BCUT2D eigenvalue weighted by atomic mass is 10.1. The molecule has 4 nitrogen and oxygen atoms in total. The molecule has 0 aliphatic heterocycles. The number of rotatable bonds is 6. The molecule has 0 bridgehead atoms. The summed E-state index contributed by atoms with van der Waals surface area (Å²) in [5.74, 6) is 1.13. The van der Waals surface area contributed by atoms with Gasteiger partial charge in [0.05, 0.1) is 0 Å². The van der Waals surface area contributed by atoms with Crippen LogP contribution in [0.1, 0.15) is 37.0 Å². The molecule has 0 radical (unpaired) electrons. The van der Waals surface area contributed by atoms with Crippen molar-refractivity contribution in [1.29, 1.82) is 0 Å². The zero-order valence-corrected chi connectivity index (χ0v) is 11.2. The fourth-order valence-corrected chi connectivity index (χ4v) is 1.82. The molecule has 1 unspecified atom stereocenters. The van der Waals surface area contributed by atoms with Crippen molar-refractivity contribution in [1.82, 2.24) is 15.5 Å². The van der Waals surface area contributed by atoms with Crippen LogP contribution in [-0.4, -0.2) is 23.2 Å². The summed E-state index contributed by atoms with van der Waals surface area (Å²) < 4.78 is 18.3. The summed E-state index contributed by atoms with van der Waals surface area (Å²) >= 11 is 0. The third-order valence-corrected chi connectivity index (χ3v) is 2.86. The number of nitrogens with one attached hydrogen (secondary N) is 1. The van der Waals surface area contributed by atoms with Gasteiger partial charge < -0.3 is 9.84 Å². The Morgan fingerprint density at radius 1 is 1.42 bits per heavy atom. The molecule has 0 spiro atoms. The van der Waals surface area contributed by atoms with Gasteiger partial charge >= 0.3 is 0 Å². The fraction of sp³-hybridized carbons (Fsp3) is 0.429. The van der Waals surface area contributed by atoms with E-state index in [9.17, 15) is 4.39 Å². The van der Waals surface area contributed by atoms with E-state index >= 15 is 0 Å². The van der Waals surface area contributed by atoms with Crippen LogP contribution >= 0.6 is 0 Å². The molecule has 2 rings (SSSR count). The van der Waals surface area contributed by atoms with E-state index in [1.807, 2.05) is 13.0 Å². The van der Waals surface area contributed by atoms with Crippen molar-refractivity contribution in [2.75, 3.05) is 13.1 Å². The summed E-state index contributed by atoms with van der Waals surface area (Å²) in [7, 11) is 0. The van der Waals surface area contributed by atoms with Gasteiger partial charge in [-0.05, 0) is 24.2 Å². The summed E-state index contributed by atoms with van der Waals surface area (Å²) in [5, 5.41) is 7.17. The molecule has 0 aliphatic rings. The second-order valence-electron chi connectivity index (χ2n) is 4.56. The molecule has 19 heavy (non-hydrogen) atoms. The van der Waals surface area contributed by atoms with Crippen LogP contribution in [0.15, 0.2) is 28.8 Å². The number of benzene rings is 1. The quantitative estimate of drug-likeness (QED) is 0.870. The van der Waals surface area contributed by atoms with Gasteiger partial charge in [0.25, 0.3) is 0 Å². The third-order valence-electron chi connectivity index (χ3n) is 2.86. The van der Waals surface area contributed by atoms with Crippen molar-refractivity contribution < 1.29 is 8.91 Å². The van der Waals surface area contributed by atoms with Crippen molar-refractivity contribution in [3.63, 3.8) is 0 Å². The van der Waals surface area contributed by atoms with Crippen molar-refractivity contribution in [3.8, 4) is 0 Å². The van der Waals surface area contributed by atoms with Gasteiger partial charge in [0.15, 0.2) is 5.82 Å². The van der Waals surface area contributed by atoms with Crippen LogP contribution in [0.25, 0.3) is 0 Å². The molecule has 0 saturated carbocycles. The van der Waals surface area contributed by atoms with E-state index < -0.39 is 0 Å². The van der Waals surface area contributed by atoms with Gasteiger partial charge in [-0.2, -0.15) is 4.98 Å². The first kappa shape index (κ1) is 13.7. The molecule has 5 heteroatoms. The molecule has 102 valence electrons. The highest BCUT2D eigenvalue weighted by Crippen LogP contribution is 2.14. The molecular formula is C14H18FN3O. The van der Waals surface area contributed by atoms with Crippen LogP contribution in [0.4, 0.5) is 4.39 Å². The molecule has 1 aromatic heterocycles. The Kier molecular flexibility index (Phi) is 4.63. The van der Waals surface area contributed by atoms with Crippen molar-refractivity contribution in [2.45, 2.75) is 26.2 Å². The van der Waals surface area contributed by atoms with Crippen LogP contribution in [0, 0.1) is 5.82 Å². The van der Waals surface area contributed by atoms with E-state index in [0.717, 1.165) is 18.7 Å². The topological polar surface area (TPSA) is 51.0 Å². The Balaban J connectivity index is 2.01. The second kappa shape index (κ2) is 6.43. The summed E-state index contributed by atoms with van der Waals surface area (Å²) in [5.41, 5.74) is 0.840. The van der Waals surface area contributed by atoms with Crippen molar-refractivity contribution in [3.05, 3.63) is 47.4 Å². The molecule has 0 saturated heterocycles. The lowest BCUT2D eigenvalue weighted by Crippen LogP contribution is -2.19. The number of nitrogens with zero attached hydrogens (tertiary/aromatic N) is 2. The first-order chi connectivity index (χ1) is 9.19. The number of halogens is 1. The summed E-state index contributed by atoms with van der Waals surface area (Å²) in [4.78, 5) is 4.35. The summed E-state index contributed by atoms with van der Waals surface area (Å²) in [6, 6.07) is 6.43. The minimum Gasteiger partial charge on any atom is -0.339 e. The fourth-order valence-electron chi connectivity index (χ4n) is 1.82. The van der Waals surface area contributed by atoms with E-state index in [1.54, 1.807) is 6.07 Å². The van der Waals surface area contributed by atoms with Gasteiger partial charge in [-0.15, -0.1) is 0 Å². The van der Waals surface area contributed by atoms with Crippen LogP contribution in [0.5, 0.6) is 0 Å². The van der Waals surface area contributed by atoms with Crippen molar-refractivity contribution >= 4 is 0 Å². The normalized spacial score (nSPS) is 12.6. The molecule has 1 heterocycles. The average Bonchev–Trinajstić information content (AvgIpc) is 2.84. The Labute approximate surface area is 112 Å². The van der Waals surface area contributed by atoms with Gasteiger partial charge in [0.2, 0.25) is 5.89 Å². The SMILES string of the molecule is CCNCC(C)c1nc(Cc2cccc(F)c2)no1. The van der Waals surface area contributed by atoms with Crippen LogP contribution < -0.4 is 5.32 Å². The van der Waals surface area contributed by atoms with E-state index in [-0.39, 0.29) is 11.7 Å². The van der Waals surface area contributed by atoms with Gasteiger partial charge in [0, 0.05) is 18.9 Å². The van der Waals surface area contributed by atoms with E-state index in [2.05, 4.69) is 22.4 Å². The predicted octanol–water partition coefficient (Wildman–Crippen LogP) is 2.51. The maximum Gasteiger partial charge on any atom is 0.230 e. The second-order valence-corrected chi connectivity index (χ2v) is 4.56. The zero-order chi connectivity index (χ0) is 13.7. The number of aromatic nitrogens is 2. The Bertz CT molecular complexity index is 527. The molecular weight excluding hydrogens is 245 g/mol. The first-order valence-electron chi connectivity index (χ1n) is 6.46. The zero-order valence-electron chi connectivity index (χ0n) is 11.2. The van der Waals surface area contributed by atoms with Gasteiger partial charge in [0.1, 0.15) is 5.82 Å². The highest BCUT2D eigenvalue weighted by molar-refractivity contribution is 5.19. The minimum absolute atomic E-state index is 0.175. The third kappa shape index (κ3) is 3.86. The van der Waals surface area contributed by atoms with Crippen molar-refractivity contribution in [2.24, 2.45) is 0 Å². The van der Waals surface area contributed by atoms with Gasteiger partial charge in [-0.3, -0.25) is 0 Å². The number of hydrogen-bond donors (Lipinski definition) is 1. The monoisotopic (exact) mass is 263 g/mol. The molecule has 1 N–H and O–H groups in total. The van der Waals surface area contributed by atoms with E-state index in [0.29, 0.717) is 18.1 Å². The first-order valence-corrected chi connectivity index (χ1v) is 6.46. The highest BCUT2D eigenvalue weighted by Gasteiger charge is 2.14. The lowest BCUT2D eigenvalue weighted by Gasteiger charge is -2.05. The number of hydrogen-bond acceptors (Lipinski definition) is 4. The van der Waals surface area contributed by atoms with E-state index in [4.69, 9.17) is 4.52 Å². The van der Waals surface area contributed by atoms with Gasteiger partial charge in [-0.25, -0.2) is 4.39 Å². The predicted molar refractivity (Wildman–Crippen MR) is 70.5 cm³/mol.